The third-order valence-electron chi connectivity index (χ3n) is 5.57. The molecular formula is C22H20N4O2. The summed E-state index contributed by atoms with van der Waals surface area (Å²) in [6.07, 6.45) is 2.15. The van der Waals surface area contributed by atoms with Crippen LogP contribution in [-0.4, -0.2) is 45.5 Å². The molecule has 0 saturated carbocycles. The first kappa shape index (κ1) is 16.7. The highest BCUT2D eigenvalue weighted by molar-refractivity contribution is 5.97. The fourth-order valence-corrected chi connectivity index (χ4v) is 4.05. The number of amides is 2. The van der Waals surface area contributed by atoms with Gasteiger partial charge in [0.15, 0.2) is 0 Å². The summed E-state index contributed by atoms with van der Waals surface area (Å²) >= 11 is 0. The normalized spacial score (nSPS) is 19.4. The van der Waals surface area contributed by atoms with Gasteiger partial charge < -0.3 is 9.88 Å². The minimum atomic E-state index is -0.497. The molecule has 140 valence electrons. The monoisotopic (exact) mass is 372 g/mol. The second kappa shape index (κ2) is 6.34. The van der Waals surface area contributed by atoms with Crippen LogP contribution in [-0.2, 0) is 22.6 Å². The maximum Gasteiger partial charge on any atom is 0.266 e. The zero-order chi connectivity index (χ0) is 19.3. The molecule has 5 rings (SSSR count). The number of para-hydroxylation sites is 1. The number of benzene rings is 2. The van der Waals surface area contributed by atoms with Gasteiger partial charge in [-0.05, 0) is 24.1 Å². The number of aryl methyl sites for hydroxylation is 1. The van der Waals surface area contributed by atoms with Crippen molar-refractivity contribution < 1.29 is 9.59 Å². The third kappa shape index (κ3) is 2.69. The van der Waals surface area contributed by atoms with Gasteiger partial charge in [0, 0.05) is 23.0 Å². The summed E-state index contributed by atoms with van der Waals surface area (Å²) in [6.45, 7) is 2.44. The van der Waals surface area contributed by atoms with Crippen molar-refractivity contribution in [2.24, 2.45) is 5.10 Å². The van der Waals surface area contributed by atoms with E-state index in [1.54, 1.807) is 11.1 Å². The zero-order valence-electron chi connectivity index (χ0n) is 15.6. The Balaban J connectivity index is 1.44. The molecular weight excluding hydrogens is 352 g/mol. The molecule has 0 spiro atoms. The van der Waals surface area contributed by atoms with Crippen LogP contribution in [0, 0.1) is 6.92 Å². The Labute approximate surface area is 162 Å². The molecule has 1 N–H and O–H groups in total. The van der Waals surface area contributed by atoms with Gasteiger partial charge in [-0.15, -0.1) is 0 Å². The Bertz CT molecular complexity index is 1110. The third-order valence-corrected chi connectivity index (χ3v) is 5.57. The molecule has 2 amide bonds. The van der Waals surface area contributed by atoms with E-state index in [4.69, 9.17) is 0 Å². The first-order valence-corrected chi connectivity index (χ1v) is 9.40. The zero-order valence-corrected chi connectivity index (χ0v) is 15.6. The quantitative estimate of drug-likeness (QED) is 0.703. The van der Waals surface area contributed by atoms with Crippen molar-refractivity contribution in [2.45, 2.75) is 25.9 Å². The van der Waals surface area contributed by atoms with Crippen molar-refractivity contribution in [3.05, 3.63) is 70.9 Å². The van der Waals surface area contributed by atoms with Gasteiger partial charge in [-0.1, -0.05) is 48.0 Å². The second-order valence-electron chi connectivity index (χ2n) is 7.42. The molecule has 1 fully saturated rings. The molecule has 1 aromatic heterocycles. The maximum atomic E-state index is 13.1. The van der Waals surface area contributed by atoms with Gasteiger partial charge in [-0.25, -0.2) is 5.01 Å². The number of hydrogen-bond acceptors (Lipinski definition) is 3. The molecule has 1 saturated heterocycles. The lowest BCUT2D eigenvalue weighted by molar-refractivity contribution is -0.157. The number of carbonyl (C=O) groups excluding carboxylic acids is 2. The number of nitrogens with zero attached hydrogens (tertiary/aromatic N) is 3. The summed E-state index contributed by atoms with van der Waals surface area (Å²) in [7, 11) is 0. The highest BCUT2D eigenvalue weighted by Gasteiger charge is 2.43. The molecule has 28 heavy (non-hydrogen) atoms. The van der Waals surface area contributed by atoms with E-state index in [2.05, 4.69) is 16.2 Å². The van der Waals surface area contributed by atoms with Crippen molar-refractivity contribution in [1.29, 1.82) is 0 Å². The van der Waals surface area contributed by atoms with Crippen LogP contribution in [0.4, 0.5) is 0 Å². The molecule has 3 heterocycles. The fourth-order valence-electron chi connectivity index (χ4n) is 4.05. The lowest BCUT2D eigenvalue weighted by atomic mass is 9.94. The number of carbonyl (C=O) groups is 2. The van der Waals surface area contributed by atoms with Crippen molar-refractivity contribution >= 4 is 28.9 Å². The summed E-state index contributed by atoms with van der Waals surface area (Å²) < 4.78 is 0. The number of rotatable bonds is 2. The molecule has 6 nitrogen and oxygen atoms in total. The van der Waals surface area contributed by atoms with Gasteiger partial charge in [0.1, 0.15) is 12.6 Å². The van der Waals surface area contributed by atoms with Gasteiger partial charge in [-0.2, -0.15) is 5.10 Å². The molecule has 2 aliphatic heterocycles. The van der Waals surface area contributed by atoms with Gasteiger partial charge in [0.25, 0.3) is 5.91 Å². The standard InChI is InChI=1S/C22H20N4O2/c1-14-6-8-15(9-7-14)11-23-26-13-21(27)25-12-19-17(10-20(25)22(26)28)16-4-2-3-5-18(16)24-19/h2-9,11,20,24H,10,12-13H2,1H3. The Morgan fingerprint density at radius 1 is 1.07 bits per heavy atom. The number of nitrogens with one attached hydrogen (secondary N) is 1. The first-order chi connectivity index (χ1) is 13.6. The van der Waals surface area contributed by atoms with Crippen LogP contribution in [0.15, 0.2) is 53.6 Å². The van der Waals surface area contributed by atoms with E-state index in [-0.39, 0.29) is 18.4 Å². The van der Waals surface area contributed by atoms with Gasteiger partial charge in [0.05, 0.1) is 12.8 Å². The van der Waals surface area contributed by atoms with E-state index in [9.17, 15) is 9.59 Å². The number of piperazine rings is 1. The number of fused-ring (bicyclic) bond motifs is 4. The van der Waals surface area contributed by atoms with Crippen LogP contribution in [0.25, 0.3) is 10.9 Å². The molecule has 0 radical (unpaired) electrons. The summed E-state index contributed by atoms with van der Waals surface area (Å²) in [5.74, 6) is -0.200. The van der Waals surface area contributed by atoms with Crippen molar-refractivity contribution in [1.82, 2.24) is 14.9 Å². The van der Waals surface area contributed by atoms with E-state index >= 15 is 0 Å². The van der Waals surface area contributed by atoms with E-state index < -0.39 is 6.04 Å². The highest BCUT2D eigenvalue weighted by atomic mass is 16.2. The van der Waals surface area contributed by atoms with Crippen molar-refractivity contribution in [3.63, 3.8) is 0 Å². The maximum absolute atomic E-state index is 13.1. The van der Waals surface area contributed by atoms with Crippen LogP contribution >= 0.6 is 0 Å². The predicted octanol–water partition coefficient (Wildman–Crippen LogP) is 2.61. The molecule has 2 aliphatic rings. The summed E-state index contributed by atoms with van der Waals surface area (Å²) in [6, 6.07) is 15.4. The number of aromatic amines is 1. The van der Waals surface area contributed by atoms with Crippen LogP contribution < -0.4 is 0 Å². The lowest BCUT2D eigenvalue weighted by Gasteiger charge is -2.40. The van der Waals surface area contributed by atoms with Crippen LogP contribution in [0.1, 0.15) is 22.4 Å². The Morgan fingerprint density at radius 3 is 2.68 bits per heavy atom. The summed E-state index contributed by atoms with van der Waals surface area (Å²) in [5.41, 5.74) is 5.25. The largest absolute Gasteiger partial charge is 0.357 e. The van der Waals surface area contributed by atoms with Crippen LogP contribution in [0.5, 0.6) is 0 Å². The SMILES string of the molecule is Cc1ccc(C=NN2CC(=O)N3Cc4[nH]c5ccccc5c4CC3C2=O)cc1. The fraction of sp³-hybridized carbons (Fsp3) is 0.227. The van der Waals surface area contributed by atoms with E-state index in [1.165, 1.54) is 5.01 Å². The average Bonchev–Trinajstić information content (AvgIpc) is 3.07. The Hall–Kier alpha value is -3.41. The molecule has 3 aromatic rings. The van der Waals surface area contributed by atoms with Crippen LogP contribution in [0.3, 0.4) is 0 Å². The average molecular weight is 372 g/mol. The minimum Gasteiger partial charge on any atom is -0.357 e. The molecule has 1 atom stereocenters. The second-order valence-corrected chi connectivity index (χ2v) is 7.42. The highest BCUT2D eigenvalue weighted by Crippen LogP contribution is 2.32. The van der Waals surface area contributed by atoms with Crippen molar-refractivity contribution in [3.8, 4) is 0 Å². The molecule has 2 aromatic carbocycles. The Kier molecular flexibility index (Phi) is 3.79. The van der Waals surface area contributed by atoms with E-state index in [0.717, 1.165) is 33.3 Å². The number of hydrazone groups is 1. The van der Waals surface area contributed by atoms with Crippen molar-refractivity contribution in [2.75, 3.05) is 6.54 Å². The Morgan fingerprint density at radius 2 is 1.86 bits per heavy atom. The smallest absolute Gasteiger partial charge is 0.266 e. The topological polar surface area (TPSA) is 68.8 Å². The first-order valence-electron chi connectivity index (χ1n) is 9.40. The van der Waals surface area contributed by atoms with Gasteiger partial charge >= 0.3 is 0 Å². The van der Waals surface area contributed by atoms with E-state index in [1.807, 2.05) is 49.4 Å². The molecule has 0 aliphatic carbocycles. The summed E-state index contributed by atoms with van der Waals surface area (Å²) in [5, 5.41) is 6.75. The lowest BCUT2D eigenvalue weighted by Crippen LogP contribution is -2.60. The molecule has 1 unspecified atom stereocenters. The molecule has 6 heteroatoms. The van der Waals surface area contributed by atoms with E-state index in [0.29, 0.717) is 13.0 Å². The predicted molar refractivity (Wildman–Crippen MR) is 107 cm³/mol. The summed E-state index contributed by atoms with van der Waals surface area (Å²) in [4.78, 5) is 30.8. The van der Waals surface area contributed by atoms with Gasteiger partial charge in [-0.3, -0.25) is 9.59 Å². The number of hydrogen-bond donors (Lipinski definition) is 1. The number of H-pyrrole nitrogens is 1. The van der Waals surface area contributed by atoms with Crippen LogP contribution in [0.2, 0.25) is 0 Å². The minimum absolute atomic E-state index is 0.0206. The molecule has 0 bridgehead atoms. The van der Waals surface area contributed by atoms with Gasteiger partial charge in [0.2, 0.25) is 5.91 Å². The number of aromatic nitrogens is 1.